The molecule has 0 saturated carbocycles. The normalized spacial score (nSPS) is 10.7. The molecule has 2 aromatic carbocycles. The summed E-state index contributed by atoms with van der Waals surface area (Å²) < 4.78 is 6.42. The van der Waals surface area contributed by atoms with Crippen LogP contribution in [0.25, 0.3) is 11.1 Å². The molecule has 3 aromatic rings. The first kappa shape index (κ1) is 14.6. The molecule has 0 atom stereocenters. The molecule has 3 rings (SSSR count). The van der Waals surface area contributed by atoms with Gasteiger partial charge in [0.2, 0.25) is 5.91 Å². The van der Waals surface area contributed by atoms with Crippen molar-refractivity contribution in [3.05, 3.63) is 64.1 Å². The zero-order chi connectivity index (χ0) is 16.6. The lowest BCUT2D eigenvalue weighted by Crippen LogP contribution is -2.13. The maximum absolute atomic E-state index is 12.2. The maximum atomic E-state index is 12.2. The monoisotopic (exact) mass is 311 g/mol. The van der Waals surface area contributed by atoms with Crippen LogP contribution in [0.2, 0.25) is 0 Å². The molecule has 116 valence electrons. The molecule has 0 bridgehead atoms. The number of fused-ring (bicyclic) bond motifs is 1. The lowest BCUT2D eigenvalue weighted by atomic mass is 10.1. The van der Waals surface area contributed by atoms with Crippen LogP contribution in [0.3, 0.4) is 0 Å². The predicted molar refractivity (Wildman–Crippen MR) is 84.4 cm³/mol. The number of anilines is 1. The molecule has 0 saturated heterocycles. The molecule has 0 aliphatic heterocycles. The van der Waals surface area contributed by atoms with E-state index in [9.17, 15) is 14.4 Å². The Kier molecular flexibility index (Phi) is 3.46. The first-order valence-corrected chi connectivity index (χ1v) is 6.76. The van der Waals surface area contributed by atoms with Crippen LogP contribution < -0.4 is 16.8 Å². The third kappa shape index (κ3) is 2.71. The largest absolute Gasteiger partial charge is 0.419 e. The number of nitrogens with zero attached hydrogens (tertiary/aromatic N) is 1. The highest BCUT2D eigenvalue weighted by Gasteiger charge is 2.11. The molecule has 1 aromatic heterocycles. The number of nitrogens with two attached hydrogens (primary N) is 1. The molecule has 2 amide bonds. The SMILES string of the molecule is Cn1c(=O)oc2cc(C(=O)Nc3ccc(C(N)=O)cc3)ccc21. The van der Waals surface area contributed by atoms with Crippen LogP contribution in [0, 0.1) is 0 Å². The Morgan fingerprint density at radius 3 is 2.39 bits per heavy atom. The van der Waals surface area contributed by atoms with Crippen molar-refractivity contribution in [3.63, 3.8) is 0 Å². The Morgan fingerprint density at radius 2 is 1.74 bits per heavy atom. The van der Waals surface area contributed by atoms with Crippen LogP contribution in [0.1, 0.15) is 20.7 Å². The Hall–Kier alpha value is -3.35. The van der Waals surface area contributed by atoms with Crippen LogP contribution in [0.15, 0.2) is 51.7 Å². The number of amides is 2. The topological polar surface area (TPSA) is 107 Å². The minimum absolute atomic E-state index is 0.342. The van der Waals surface area contributed by atoms with E-state index in [1.165, 1.54) is 22.8 Å². The zero-order valence-corrected chi connectivity index (χ0v) is 12.2. The molecule has 7 nitrogen and oxygen atoms in total. The highest BCUT2D eigenvalue weighted by atomic mass is 16.4. The van der Waals surface area contributed by atoms with Crippen molar-refractivity contribution in [1.29, 1.82) is 0 Å². The Morgan fingerprint density at radius 1 is 1.09 bits per heavy atom. The number of carbonyl (C=O) groups excluding carboxylic acids is 2. The fourth-order valence-corrected chi connectivity index (χ4v) is 2.20. The highest BCUT2D eigenvalue weighted by molar-refractivity contribution is 6.06. The summed E-state index contributed by atoms with van der Waals surface area (Å²) in [6.07, 6.45) is 0. The van der Waals surface area contributed by atoms with Gasteiger partial charge in [-0.1, -0.05) is 0 Å². The minimum Gasteiger partial charge on any atom is -0.408 e. The third-order valence-electron chi connectivity index (χ3n) is 3.48. The molecule has 0 spiro atoms. The van der Waals surface area contributed by atoms with Gasteiger partial charge in [-0.3, -0.25) is 14.2 Å². The third-order valence-corrected chi connectivity index (χ3v) is 3.48. The number of nitrogens with one attached hydrogen (secondary N) is 1. The van der Waals surface area contributed by atoms with Gasteiger partial charge in [-0.15, -0.1) is 0 Å². The van der Waals surface area contributed by atoms with Crippen LogP contribution >= 0.6 is 0 Å². The summed E-state index contributed by atoms with van der Waals surface area (Å²) in [6, 6.07) is 11.0. The summed E-state index contributed by atoms with van der Waals surface area (Å²) in [5.74, 6) is -1.38. The van der Waals surface area contributed by atoms with E-state index in [4.69, 9.17) is 10.2 Å². The number of aromatic nitrogens is 1. The fraction of sp³-hybridized carbons (Fsp3) is 0.0625. The van der Waals surface area contributed by atoms with Gasteiger partial charge in [-0.05, 0) is 42.5 Å². The van der Waals surface area contributed by atoms with Crippen molar-refractivity contribution in [3.8, 4) is 0 Å². The predicted octanol–water partition coefficient (Wildman–Crippen LogP) is 1.48. The summed E-state index contributed by atoms with van der Waals surface area (Å²) in [6.45, 7) is 0. The van der Waals surface area contributed by atoms with Crippen molar-refractivity contribution < 1.29 is 14.0 Å². The smallest absolute Gasteiger partial charge is 0.408 e. The second-order valence-electron chi connectivity index (χ2n) is 5.01. The van der Waals surface area contributed by atoms with E-state index in [1.807, 2.05) is 0 Å². The van der Waals surface area contributed by atoms with Gasteiger partial charge in [0.25, 0.3) is 5.91 Å². The van der Waals surface area contributed by atoms with E-state index >= 15 is 0 Å². The summed E-state index contributed by atoms with van der Waals surface area (Å²) in [5, 5.41) is 2.69. The molecular weight excluding hydrogens is 298 g/mol. The number of hydrogen-bond donors (Lipinski definition) is 2. The number of benzene rings is 2. The number of rotatable bonds is 3. The number of aryl methyl sites for hydroxylation is 1. The standard InChI is InChI=1S/C16H13N3O4/c1-19-12-7-4-10(8-13(12)23-16(19)22)15(21)18-11-5-2-9(3-6-11)14(17)20/h2-8H,1H3,(H2,17,20)(H,18,21). The van der Waals surface area contributed by atoms with E-state index in [-0.39, 0.29) is 5.91 Å². The lowest BCUT2D eigenvalue weighted by molar-refractivity contribution is 0.0998. The molecule has 0 unspecified atom stereocenters. The Labute approximate surface area is 130 Å². The first-order chi connectivity index (χ1) is 11.0. The summed E-state index contributed by atoms with van der Waals surface area (Å²) >= 11 is 0. The first-order valence-electron chi connectivity index (χ1n) is 6.76. The van der Waals surface area contributed by atoms with E-state index in [0.717, 1.165) is 0 Å². The van der Waals surface area contributed by atoms with Crippen molar-refractivity contribution in [1.82, 2.24) is 4.57 Å². The van der Waals surface area contributed by atoms with Gasteiger partial charge in [-0.2, -0.15) is 0 Å². The highest BCUT2D eigenvalue weighted by Crippen LogP contribution is 2.16. The number of carbonyl (C=O) groups is 2. The summed E-state index contributed by atoms with van der Waals surface area (Å²) in [5.41, 5.74) is 7.34. The van der Waals surface area contributed by atoms with Crippen LogP contribution in [0.5, 0.6) is 0 Å². The quantitative estimate of drug-likeness (QED) is 0.764. The van der Waals surface area contributed by atoms with E-state index < -0.39 is 11.7 Å². The molecule has 7 heteroatoms. The van der Waals surface area contributed by atoms with Crippen molar-refractivity contribution >= 4 is 28.6 Å². The van der Waals surface area contributed by atoms with E-state index in [2.05, 4.69) is 5.32 Å². The van der Waals surface area contributed by atoms with Gasteiger partial charge in [0.1, 0.15) is 0 Å². The Bertz CT molecular complexity index is 967. The fourth-order valence-electron chi connectivity index (χ4n) is 2.20. The van der Waals surface area contributed by atoms with Gasteiger partial charge in [0, 0.05) is 23.9 Å². The van der Waals surface area contributed by atoms with Crippen molar-refractivity contribution in [2.75, 3.05) is 5.32 Å². The molecule has 0 aliphatic rings. The summed E-state index contributed by atoms with van der Waals surface area (Å²) in [4.78, 5) is 34.7. The number of oxazole rings is 1. The van der Waals surface area contributed by atoms with Gasteiger partial charge < -0.3 is 15.5 Å². The number of primary amides is 1. The van der Waals surface area contributed by atoms with Gasteiger partial charge in [-0.25, -0.2) is 4.79 Å². The second-order valence-corrected chi connectivity index (χ2v) is 5.01. The average Bonchev–Trinajstić information content (AvgIpc) is 2.82. The number of hydrogen-bond acceptors (Lipinski definition) is 4. The second kappa shape index (κ2) is 5.45. The summed E-state index contributed by atoms with van der Waals surface area (Å²) in [7, 11) is 1.59. The van der Waals surface area contributed by atoms with Gasteiger partial charge >= 0.3 is 5.76 Å². The maximum Gasteiger partial charge on any atom is 0.419 e. The molecule has 0 fully saturated rings. The molecule has 0 radical (unpaired) electrons. The van der Waals surface area contributed by atoms with Crippen LogP contribution in [0.4, 0.5) is 5.69 Å². The Balaban J connectivity index is 1.85. The van der Waals surface area contributed by atoms with Crippen LogP contribution in [-0.2, 0) is 7.05 Å². The van der Waals surface area contributed by atoms with Crippen molar-refractivity contribution in [2.45, 2.75) is 0 Å². The lowest BCUT2D eigenvalue weighted by Gasteiger charge is -2.06. The molecule has 0 aliphatic carbocycles. The molecule has 1 heterocycles. The molecule has 3 N–H and O–H groups in total. The average molecular weight is 311 g/mol. The van der Waals surface area contributed by atoms with Gasteiger partial charge in [0.15, 0.2) is 5.58 Å². The molecule has 23 heavy (non-hydrogen) atoms. The minimum atomic E-state index is -0.535. The van der Waals surface area contributed by atoms with E-state index in [0.29, 0.717) is 27.9 Å². The zero-order valence-electron chi connectivity index (χ0n) is 12.2. The molecular formula is C16H13N3O4. The van der Waals surface area contributed by atoms with Gasteiger partial charge in [0.05, 0.1) is 5.52 Å². The van der Waals surface area contributed by atoms with Crippen LogP contribution in [-0.4, -0.2) is 16.4 Å². The van der Waals surface area contributed by atoms with E-state index in [1.54, 1.807) is 31.3 Å². The van der Waals surface area contributed by atoms with Crippen molar-refractivity contribution in [2.24, 2.45) is 12.8 Å².